The number of rotatable bonds is 5. The van der Waals surface area contributed by atoms with Gasteiger partial charge in [0.1, 0.15) is 5.01 Å². The lowest BCUT2D eigenvalue weighted by Gasteiger charge is -2.17. The molecule has 3 nitrogen and oxygen atoms in total. The number of aromatic nitrogens is 1. The van der Waals surface area contributed by atoms with Gasteiger partial charge in [-0.05, 0) is 11.8 Å². The molecule has 1 rings (SSSR count). The van der Waals surface area contributed by atoms with Crippen LogP contribution >= 0.6 is 22.9 Å². The average Bonchev–Trinajstić information content (AvgIpc) is 2.63. The molecule has 0 aliphatic heterocycles. The van der Waals surface area contributed by atoms with Crippen LogP contribution in [0.2, 0.25) is 0 Å². The van der Waals surface area contributed by atoms with E-state index in [1.807, 2.05) is 5.38 Å². The third-order valence-corrected chi connectivity index (χ3v) is 3.42. The summed E-state index contributed by atoms with van der Waals surface area (Å²) in [6.45, 7) is 7.20. The van der Waals surface area contributed by atoms with Gasteiger partial charge in [0.25, 0.3) is 0 Å². The Bertz CT molecular complexity index is 371. The van der Waals surface area contributed by atoms with Crippen LogP contribution in [-0.2, 0) is 17.1 Å². The van der Waals surface area contributed by atoms with Gasteiger partial charge in [-0.1, -0.05) is 20.8 Å². The predicted molar refractivity (Wildman–Crippen MR) is 72.5 cm³/mol. The van der Waals surface area contributed by atoms with Crippen LogP contribution in [0, 0.1) is 5.41 Å². The van der Waals surface area contributed by atoms with Crippen molar-refractivity contribution in [2.45, 2.75) is 39.5 Å². The minimum atomic E-state index is 0.0322. The van der Waals surface area contributed by atoms with Crippen LogP contribution in [-0.4, -0.2) is 17.4 Å². The molecule has 1 aromatic rings. The summed E-state index contributed by atoms with van der Waals surface area (Å²) in [5.74, 6) is 0.437. The first-order valence-corrected chi connectivity index (χ1v) is 7.08. The standard InChI is InChI=1S/C12H19ClN2OS/c1-12(2,3)4-5-14-10(16)6-11-15-9(7-13)8-17-11/h8H,4-7H2,1-3H3,(H,14,16). The molecule has 0 fully saturated rings. The highest BCUT2D eigenvalue weighted by atomic mass is 35.5. The van der Waals surface area contributed by atoms with E-state index in [0.29, 0.717) is 12.3 Å². The molecule has 0 atom stereocenters. The number of nitrogens with one attached hydrogen (secondary N) is 1. The molecule has 0 unspecified atom stereocenters. The van der Waals surface area contributed by atoms with Gasteiger partial charge in [0.05, 0.1) is 18.0 Å². The van der Waals surface area contributed by atoms with E-state index >= 15 is 0 Å². The minimum Gasteiger partial charge on any atom is -0.356 e. The fourth-order valence-corrected chi connectivity index (χ4v) is 2.29. The molecular weight excluding hydrogens is 256 g/mol. The summed E-state index contributed by atoms with van der Waals surface area (Å²) >= 11 is 7.14. The summed E-state index contributed by atoms with van der Waals surface area (Å²) in [5.41, 5.74) is 1.09. The molecule has 96 valence electrons. The molecule has 0 spiro atoms. The molecule has 1 aromatic heterocycles. The lowest BCUT2D eigenvalue weighted by Crippen LogP contribution is -2.28. The summed E-state index contributed by atoms with van der Waals surface area (Å²) in [7, 11) is 0. The van der Waals surface area contributed by atoms with Gasteiger partial charge >= 0.3 is 0 Å². The highest BCUT2D eigenvalue weighted by Crippen LogP contribution is 2.17. The number of halogens is 1. The topological polar surface area (TPSA) is 42.0 Å². The van der Waals surface area contributed by atoms with Crippen molar-refractivity contribution < 1.29 is 4.79 Å². The lowest BCUT2D eigenvalue weighted by atomic mass is 9.92. The Hall–Kier alpha value is -0.610. The van der Waals surface area contributed by atoms with Crippen LogP contribution in [0.1, 0.15) is 37.9 Å². The maximum atomic E-state index is 11.6. The van der Waals surface area contributed by atoms with Crippen molar-refractivity contribution in [2.24, 2.45) is 5.41 Å². The SMILES string of the molecule is CC(C)(C)CCNC(=O)Cc1nc(CCl)cs1. The Labute approximate surface area is 112 Å². The van der Waals surface area contributed by atoms with Gasteiger partial charge in [0, 0.05) is 11.9 Å². The number of hydrogen-bond donors (Lipinski definition) is 1. The van der Waals surface area contributed by atoms with E-state index in [4.69, 9.17) is 11.6 Å². The molecule has 0 aromatic carbocycles. The van der Waals surface area contributed by atoms with Gasteiger partial charge in [0.15, 0.2) is 0 Å². The zero-order valence-electron chi connectivity index (χ0n) is 10.5. The van der Waals surface area contributed by atoms with Crippen molar-refractivity contribution in [3.05, 3.63) is 16.1 Å². The van der Waals surface area contributed by atoms with E-state index in [2.05, 4.69) is 31.1 Å². The van der Waals surface area contributed by atoms with Gasteiger partial charge in [-0.2, -0.15) is 0 Å². The highest BCUT2D eigenvalue weighted by molar-refractivity contribution is 7.09. The summed E-state index contributed by atoms with van der Waals surface area (Å²) in [4.78, 5) is 15.9. The molecule has 1 heterocycles. The Kier molecular flexibility index (Phi) is 5.40. The van der Waals surface area contributed by atoms with Crippen molar-refractivity contribution in [2.75, 3.05) is 6.54 Å². The second kappa shape index (κ2) is 6.36. The molecule has 0 radical (unpaired) electrons. The number of carbonyl (C=O) groups excluding carboxylic acids is 1. The van der Waals surface area contributed by atoms with E-state index in [1.54, 1.807) is 0 Å². The summed E-state index contributed by atoms with van der Waals surface area (Å²) < 4.78 is 0. The summed E-state index contributed by atoms with van der Waals surface area (Å²) in [5, 5.41) is 5.63. The first-order valence-electron chi connectivity index (χ1n) is 5.66. The number of amides is 1. The van der Waals surface area contributed by atoms with Crippen molar-refractivity contribution in [1.82, 2.24) is 10.3 Å². The van der Waals surface area contributed by atoms with Crippen LogP contribution in [0.5, 0.6) is 0 Å². The summed E-state index contributed by atoms with van der Waals surface area (Å²) in [6, 6.07) is 0. The van der Waals surface area contributed by atoms with Crippen molar-refractivity contribution >= 4 is 28.8 Å². The van der Waals surface area contributed by atoms with Crippen molar-refractivity contribution in [3.8, 4) is 0 Å². The van der Waals surface area contributed by atoms with Gasteiger partial charge < -0.3 is 5.32 Å². The third kappa shape index (κ3) is 6.03. The van der Waals surface area contributed by atoms with Gasteiger partial charge in [-0.15, -0.1) is 22.9 Å². The molecule has 17 heavy (non-hydrogen) atoms. The van der Waals surface area contributed by atoms with Crippen LogP contribution in [0.25, 0.3) is 0 Å². The fraction of sp³-hybridized carbons (Fsp3) is 0.667. The Balaban J connectivity index is 2.30. The molecule has 0 bridgehead atoms. The molecule has 0 aliphatic carbocycles. The first kappa shape index (κ1) is 14.5. The minimum absolute atomic E-state index is 0.0322. The zero-order valence-corrected chi connectivity index (χ0v) is 12.1. The predicted octanol–water partition coefficient (Wildman–Crippen LogP) is 2.98. The molecule has 1 N–H and O–H groups in total. The largest absolute Gasteiger partial charge is 0.356 e. The second-order valence-electron chi connectivity index (χ2n) is 5.20. The smallest absolute Gasteiger partial charge is 0.226 e. The number of hydrogen-bond acceptors (Lipinski definition) is 3. The maximum Gasteiger partial charge on any atom is 0.226 e. The molecule has 0 aliphatic rings. The van der Waals surface area contributed by atoms with Crippen LogP contribution in [0.4, 0.5) is 0 Å². The van der Waals surface area contributed by atoms with E-state index in [1.165, 1.54) is 11.3 Å². The average molecular weight is 275 g/mol. The van der Waals surface area contributed by atoms with Crippen LogP contribution in [0.15, 0.2) is 5.38 Å². The Morgan fingerprint density at radius 2 is 2.24 bits per heavy atom. The van der Waals surface area contributed by atoms with E-state index in [9.17, 15) is 4.79 Å². The van der Waals surface area contributed by atoms with Crippen LogP contribution in [0.3, 0.4) is 0 Å². The lowest BCUT2D eigenvalue weighted by molar-refractivity contribution is -0.120. The van der Waals surface area contributed by atoms with E-state index in [0.717, 1.165) is 23.7 Å². The second-order valence-corrected chi connectivity index (χ2v) is 6.41. The van der Waals surface area contributed by atoms with E-state index in [-0.39, 0.29) is 11.3 Å². The van der Waals surface area contributed by atoms with E-state index < -0.39 is 0 Å². The monoisotopic (exact) mass is 274 g/mol. The molecular formula is C12H19ClN2OS. The zero-order chi connectivity index (χ0) is 12.9. The van der Waals surface area contributed by atoms with Gasteiger partial charge in [-0.25, -0.2) is 4.98 Å². The number of nitrogens with zero attached hydrogens (tertiary/aromatic N) is 1. The van der Waals surface area contributed by atoms with Gasteiger partial charge in [-0.3, -0.25) is 4.79 Å². The normalized spacial score (nSPS) is 11.5. The quantitative estimate of drug-likeness (QED) is 0.839. The summed E-state index contributed by atoms with van der Waals surface area (Å²) in [6.07, 6.45) is 1.33. The van der Waals surface area contributed by atoms with Crippen LogP contribution < -0.4 is 5.32 Å². The number of carbonyl (C=O) groups is 1. The highest BCUT2D eigenvalue weighted by Gasteiger charge is 2.11. The maximum absolute atomic E-state index is 11.6. The molecule has 1 amide bonds. The molecule has 0 saturated heterocycles. The Morgan fingerprint density at radius 3 is 2.76 bits per heavy atom. The van der Waals surface area contributed by atoms with Gasteiger partial charge in [0.2, 0.25) is 5.91 Å². The fourth-order valence-electron chi connectivity index (χ4n) is 1.27. The molecule has 0 saturated carbocycles. The third-order valence-electron chi connectivity index (χ3n) is 2.25. The molecule has 5 heteroatoms. The number of thiazole rings is 1. The number of alkyl halides is 1. The Morgan fingerprint density at radius 1 is 1.53 bits per heavy atom. The van der Waals surface area contributed by atoms with Crippen molar-refractivity contribution in [1.29, 1.82) is 0 Å². The first-order chi connectivity index (χ1) is 7.90. The van der Waals surface area contributed by atoms with Crippen molar-refractivity contribution in [3.63, 3.8) is 0 Å².